The maximum atomic E-state index is 10.2. The fourth-order valence-electron chi connectivity index (χ4n) is 2.72. The zero-order chi connectivity index (χ0) is 19.1. The Hall–Kier alpha value is -2.04. The third-order valence-electron chi connectivity index (χ3n) is 4.19. The molecule has 0 aromatic heterocycles. The summed E-state index contributed by atoms with van der Waals surface area (Å²) in [5.74, 6) is 0.744. The molecule has 3 nitrogen and oxygen atoms in total. The molecule has 0 aliphatic carbocycles. The van der Waals surface area contributed by atoms with Crippen LogP contribution in [-0.2, 0) is 13.2 Å². The van der Waals surface area contributed by atoms with Crippen LogP contribution in [0.4, 0.5) is 0 Å². The standard InChI is InChI=1S/C22H21Cl2NO2/c23-20-10-5-11-21(24)19(20)15-27-18-9-4-6-16(12-18)13-25-14-22(26)17-7-2-1-3-8-17/h1-12,22,25-26H,13-15H2/t22-/m1/s1. The molecule has 5 heteroatoms. The third kappa shape index (κ3) is 5.72. The lowest BCUT2D eigenvalue weighted by Crippen LogP contribution is -2.21. The summed E-state index contributed by atoms with van der Waals surface area (Å²) in [7, 11) is 0. The van der Waals surface area contributed by atoms with E-state index in [1.165, 1.54) is 0 Å². The summed E-state index contributed by atoms with van der Waals surface area (Å²) < 4.78 is 5.85. The Morgan fingerprint density at radius 3 is 2.33 bits per heavy atom. The van der Waals surface area contributed by atoms with E-state index in [1.54, 1.807) is 12.1 Å². The molecule has 0 radical (unpaired) electrons. The number of hydrogen-bond donors (Lipinski definition) is 2. The van der Waals surface area contributed by atoms with Crippen LogP contribution in [0, 0.1) is 0 Å². The van der Waals surface area contributed by atoms with Crippen molar-refractivity contribution in [1.82, 2.24) is 5.32 Å². The number of halogens is 2. The van der Waals surface area contributed by atoms with Crippen LogP contribution in [0.2, 0.25) is 10.0 Å². The number of nitrogens with one attached hydrogen (secondary N) is 1. The number of benzene rings is 3. The molecule has 0 bridgehead atoms. The van der Waals surface area contributed by atoms with Crippen molar-refractivity contribution in [3.63, 3.8) is 0 Å². The lowest BCUT2D eigenvalue weighted by Gasteiger charge is -2.13. The Labute approximate surface area is 169 Å². The molecule has 3 aromatic carbocycles. The Bertz CT molecular complexity index is 851. The number of aliphatic hydroxyl groups excluding tert-OH is 1. The van der Waals surface area contributed by atoms with Crippen molar-refractivity contribution in [2.75, 3.05) is 6.54 Å². The predicted molar refractivity (Wildman–Crippen MR) is 110 cm³/mol. The average Bonchev–Trinajstić information content (AvgIpc) is 2.68. The number of aliphatic hydroxyl groups is 1. The van der Waals surface area contributed by atoms with Gasteiger partial charge in [0.25, 0.3) is 0 Å². The first-order valence-corrected chi connectivity index (χ1v) is 9.47. The molecule has 1 atom stereocenters. The van der Waals surface area contributed by atoms with Crippen molar-refractivity contribution in [2.45, 2.75) is 19.3 Å². The van der Waals surface area contributed by atoms with Crippen LogP contribution in [0.1, 0.15) is 22.8 Å². The molecule has 3 rings (SSSR count). The van der Waals surface area contributed by atoms with Gasteiger partial charge < -0.3 is 15.2 Å². The molecular formula is C22H21Cl2NO2. The normalized spacial score (nSPS) is 12.0. The van der Waals surface area contributed by atoms with E-state index in [-0.39, 0.29) is 0 Å². The molecule has 0 fully saturated rings. The molecule has 0 aliphatic heterocycles. The molecule has 27 heavy (non-hydrogen) atoms. The largest absolute Gasteiger partial charge is 0.489 e. The lowest BCUT2D eigenvalue weighted by atomic mass is 10.1. The molecule has 0 aliphatic rings. The van der Waals surface area contributed by atoms with E-state index < -0.39 is 6.10 Å². The Kier molecular flexibility index (Phi) is 7.13. The van der Waals surface area contributed by atoms with E-state index >= 15 is 0 Å². The molecular weight excluding hydrogens is 381 g/mol. The second-order valence-electron chi connectivity index (χ2n) is 6.19. The molecule has 0 amide bonds. The van der Waals surface area contributed by atoms with Crippen LogP contribution in [-0.4, -0.2) is 11.7 Å². The van der Waals surface area contributed by atoms with Gasteiger partial charge in [0.2, 0.25) is 0 Å². The lowest BCUT2D eigenvalue weighted by molar-refractivity contribution is 0.174. The molecule has 0 spiro atoms. The van der Waals surface area contributed by atoms with Gasteiger partial charge in [-0.3, -0.25) is 0 Å². The minimum absolute atomic E-state index is 0.308. The average molecular weight is 402 g/mol. The zero-order valence-electron chi connectivity index (χ0n) is 14.7. The molecule has 3 aromatic rings. The van der Waals surface area contributed by atoms with E-state index in [1.807, 2.05) is 60.7 Å². The van der Waals surface area contributed by atoms with Crippen LogP contribution < -0.4 is 10.1 Å². The third-order valence-corrected chi connectivity index (χ3v) is 4.90. The van der Waals surface area contributed by atoms with Crippen molar-refractivity contribution in [3.05, 3.63) is 99.5 Å². The van der Waals surface area contributed by atoms with Crippen molar-refractivity contribution >= 4 is 23.2 Å². The second kappa shape index (κ2) is 9.77. The molecule has 0 unspecified atom stereocenters. The van der Waals surface area contributed by atoms with E-state index in [4.69, 9.17) is 27.9 Å². The fraction of sp³-hybridized carbons (Fsp3) is 0.182. The first kappa shape index (κ1) is 19.7. The smallest absolute Gasteiger partial charge is 0.120 e. The fourth-order valence-corrected chi connectivity index (χ4v) is 3.22. The van der Waals surface area contributed by atoms with Gasteiger partial charge in [-0.1, -0.05) is 71.7 Å². The highest BCUT2D eigenvalue weighted by atomic mass is 35.5. The van der Waals surface area contributed by atoms with Gasteiger partial charge in [0.15, 0.2) is 0 Å². The summed E-state index contributed by atoms with van der Waals surface area (Å²) in [6, 6.07) is 22.8. The van der Waals surface area contributed by atoms with Crippen LogP contribution in [0.15, 0.2) is 72.8 Å². The van der Waals surface area contributed by atoms with Gasteiger partial charge in [-0.15, -0.1) is 0 Å². The topological polar surface area (TPSA) is 41.5 Å². The van der Waals surface area contributed by atoms with Gasteiger partial charge in [-0.2, -0.15) is 0 Å². The predicted octanol–water partition coefficient (Wildman–Crippen LogP) is 5.40. The Morgan fingerprint density at radius 1 is 0.889 bits per heavy atom. The summed E-state index contributed by atoms with van der Waals surface area (Å²) in [4.78, 5) is 0. The minimum Gasteiger partial charge on any atom is -0.489 e. The van der Waals surface area contributed by atoms with E-state index in [9.17, 15) is 5.11 Å². The highest BCUT2D eigenvalue weighted by molar-refractivity contribution is 6.35. The first-order valence-electron chi connectivity index (χ1n) is 8.72. The van der Waals surface area contributed by atoms with E-state index in [2.05, 4.69) is 5.32 Å². The Morgan fingerprint density at radius 2 is 1.59 bits per heavy atom. The molecule has 0 heterocycles. The minimum atomic E-state index is -0.534. The van der Waals surface area contributed by atoms with Gasteiger partial charge in [0.05, 0.1) is 6.10 Å². The second-order valence-corrected chi connectivity index (χ2v) is 7.01. The van der Waals surface area contributed by atoms with Gasteiger partial charge in [-0.05, 0) is 35.4 Å². The summed E-state index contributed by atoms with van der Waals surface area (Å²) in [6.45, 7) is 1.42. The monoisotopic (exact) mass is 401 g/mol. The summed E-state index contributed by atoms with van der Waals surface area (Å²) >= 11 is 12.4. The van der Waals surface area contributed by atoms with E-state index in [0.29, 0.717) is 29.7 Å². The van der Waals surface area contributed by atoms with Crippen LogP contribution in [0.5, 0.6) is 5.75 Å². The van der Waals surface area contributed by atoms with Crippen molar-refractivity contribution in [1.29, 1.82) is 0 Å². The Balaban J connectivity index is 1.53. The summed E-state index contributed by atoms with van der Waals surface area (Å²) in [6.07, 6.45) is -0.534. The van der Waals surface area contributed by atoms with Gasteiger partial charge in [0.1, 0.15) is 12.4 Å². The quantitative estimate of drug-likeness (QED) is 0.531. The van der Waals surface area contributed by atoms with E-state index in [0.717, 1.165) is 22.4 Å². The van der Waals surface area contributed by atoms with Crippen LogP contribution in [0.25, 0.3) is 0 Å². The zero-order valence-corrected chi connectivity index (χ0v) is 16.3. The van der Waals surface area contributed by atoms with Crippen LogP contribution in [0.3, 0.4) is 0 Å². The SMILES string of the molecule is O[C@H](CNCc1cccc(OCc2c(Cl)cccc2Cl)c1)c1ccccc1. The van der Waals surface area contributed by atoms with Crippen LogP contribution >= 0.6 is 23.2 Å². The highest BCUT2D eigenvalue weighted by Crippen LogP contribution is 2.26. The number of rotatable bonds is 8. The van der Waals surface area contributed by atoms with Crippen molar-refractivity contribution in [2.24, 2.45) is 0 Å². The summed E-state index contributed by atoms with van der Waals surface area (Å²) in [5, 5.41) is 14.7. The molecule has 140 valence electrons. The number of ether oxygens (including phenoxy) is 1. The molecule has 0 saturated heterocycles. The van der Waals surface area contributed by atoms with Gasteiger partial charge in [-0.25, -0.2) is 0 Å². The molecule has 2 N–H and O–H groups in total. The maximum Gasteiger partial charge on any atom is 0.120 e. The first-order chi connectivity index (χ1) is 13.1. The summed E-state index contributed by atoms with van der Waals surface area (Å²) in [5.41, 5.74) is 2.74. The van der Waals surface area contributed by atoms with Crippen molar-refractivity contribution < 1.29 is 9.84 Å². The number of hydrogen-bond acceptors (Lipinski definition) is 3. The van der Waals surface area contributed by atoms with Gasteiger partial charge >= 0.3 is 0 Å². The van der Waals surface area contributed by atoms with Gasteiger partial charge in [0, 0.05) is 28.7 Å². The van der Waals surface area contributed by atoms with Crippen molar-refractivity contribution in [3.8, 4) is 5.75 Å². The highest BCUT2D eigenvalue weighted by Gasteiger charge is 2.08. The maximum absolute atomic E-state index is 10.2. The molecule has 0 saturated carbocycles.